The molecule has 1 N–H and O–H groups in total. The molecule has 3 aliphatic rings. The highest BCUT2D eigenvalue weighted by Crippen LogP contribution is 2.55. The monoisotopic (exact) mass is 393 g/mol. The van der Waals surface area contributed by atoms with Gasteiger partial charge in [-0.25, -0.2) is 9.37 Å². The van der Waals surface area contributed by atoms with Gasteiger partial charge in [-0.1, -0.05) is 19.1 Å². The maximum atomic E-state index is 14.8. The van der Waals surface area contributed by atoms with Crippen LogP contribution in [0.5, 0.6) is 0 Å². The van der Waals surface area contributed by atoms with Gasteiger partial charge in [0.25, 0.3) is 0 Å². The van der Waals surface area contributed by atoms with Crippen molar-refractivity contribution in [3.8, 4) is 17.3 Å². The second-order valence-electron chi connectivity index (χ2n) is 9.45. The molecule has 5 rings (SSSR count). The first kappa shape index (κ1) is 18.8. The molecule has 2 aliphatic carbocycles. The van der Waals surface area contributed by atoms with Gasteiger partial charge in [-0.2, -0.15) is 5.26 Å². The Morgan fingerprint density at radius 1 is 1.38 bits per heavy atom. The molecule has 0 spiro atoms. The molecular weight excluding hydrogens is 365 g/mol. The maximum Gasteiger partial charge on any atom is 0.129 e. The Labute approximate surface area is 171 Å². The van der Waals surface area contributed by atoms with Crippen LogP contribution in [0.4, 0.5) is 4.39 Å². The maximum absolute atomic E-state index is 14.8. The SMILES string of the molecule is CCC1(C(O)CC2c3c(F)cccc3-c3cncn32)CC2CCC(C#N)[C@H](C2)C1. The lowest BCUT2D eigenvalue weighted by molar-refractivity contribution is -0.0678. The molecule has 5 unspecified atom stereocenters. The number of aliphatic hydroxyl groups excluding tert-OH is 1. The Bertz CT molecular complexity index is 963. The second-order valence-corrected chi connectivity index (χ2v) is 9.45. The normalized spacial score (nSPS) is 33.6. The molecular formula is C24H28FN3O. The average Bonchev–Trinajstić information content (AvgIpc) is 3.31. The third-order valence-electron chi connectivity index (χ3n) is 8.14. The minimum absolute atomic E-state index is 0.120. The molecule has 1 aromatic heterocycles. The second kappa shape index (κ2) is 6.95. The lowest BCUT2D eigenvalue weighted by Crippen LogP contribution is -2.46. The van der Waals surface area contributed by atoms with E-state index in [1.165, 1.54) is 6.07 Å². The highest BCUT2D eigenvalue weighted by atomic mass is 19.1. The number of hydrogen-bond acceptors (Lipinski definition) is 3. The number of imidazole rings is 1. The summed E-state index contributed by atoms with van der Waals surface area (Å²) in [5, 5.41) is 21.1. The first-order valence-electron chi connectivity index (χ1n) is 10.9. The fourth-order valence-electron chi connectivity index (χ4n) is 6.61. The number of hydrogen-bond donors (Lipinski definition) is 1. The van der Waals surface area contributed by atoms with Crippen molar-refractivity contribution in [1.82, 2.24) is 9.55 Å². The Hall–Kier alpha value is -2.19. The van der Waals surface area contributed by atoms with Crippen LogP contribution in [0, 0.1) is 40.3 Å². The van der Waals surface area contributed by atoms with Crippen molar-refractivity contribution in [2.24, 2.45) is 23.2 Å². The summed E-state index contributed by atoms with van der Waals surface area (Å²) >= 11 is 0. The van der Waals surface area contributed by atoms with E-state index in [0.717, 1.165) is 49.8 Å². The topological polar surface area (TPSA) is 61.8 Å². The molecule has 5 heteroatoms. The average molecular weight is 394 g/mol. The molecule has 2 fully saturated rings. The molecule has 2 bridgehead atoms. The number of nitriles is 1. The third kappa shape index (κ3) is 2.84. The number of rotatable bonds is 4. The van der Waals surface area contributed by atoms with E-state index in [2.05, 4.69) is 18.0 Å². The van der Waals surface area contributed by atoms with Crippen LogP contribution in [0.2, 0.25) is 0 Å². The Kier molecular flexibility index (Phi) is 4.51. The molecule has 2 aromatic rings. The summed E-state index contributed by atoms with van der Waals surface area (Å²) in [6.45, 7) is 2.16. The third-order valence-corrected chi connectivity index (χ3v) is 8.14. The number of benzene rings is 1. The fourth-order valence-corrected chi connectivity index (χ4v) is 6.61. The summed E-state index contributed by atoms with van der Waals surface area (Å²) in [6, 6.07) is 7.48. The molecule has 152 valence electrons. The van der Waals surface area contributed by atoms with E-state index in [-0.39, 0.29) is 23.2 Å². The zero-order valence-electron chi connectivity index (χ0n) is 16.9. The standard InChI is InChI=1S/C24H28FN3O/c1-2-24(10-15-6-7-16(12-26)17(8-15)11-24)22(29)9-20-23-18(4-3-5-19(23)25)21-13-27-14-28(20)21/h3-5,13-17,20,22,29H,2,6-11H2,1H3/t15?,16?,17-,20?,22?,24?/m1/s1. The molecule has 0 saturated heterocycles. The van der Waals surface area contributed by atoms with Gasteiger partial charge >= 0.3 is 0 Å². The molecule has 6 atom stereocenters. The van der Waals surface area contributed by atoms with Gasteiger partial charge in [-0.3, -0.25) is 0 Å². The number of nitrogens with zero attached hydrogens (tertiary/aromatic N) is 3. The molecule has 2 heterocycles. The van der Waals surface area contributed by atoms with Gasteiger partial charge in [-0.05, 0) is 68.3 Å². The first-order valence-corrected chi connectivity index (χ1v) is 10.9. The summed E-state index contributed by atoms with van der Waals surface area (Å²) in [6.07, 6.45) is 9.54. The van der Waals surface area contributed by atoms with Crippen LogP contribution in [-0.2, 0) is 0 Å². The van der Waals surface area contributed by atoms with Gasteiger partial charge < -0.3 is 9.67 Å². The largest absolute Gasteiger partial charge is 0.392 e. The van der Waals surface area contributed by atoms with Crippen LogP contribution in [0.3, 0.4) is 0 Å². The van der Waals surface area contributed by atoms with E-state index < -0.39 is 6.10 Å². The summed E-state index contributed by atoms with van der Waals surface area (Å²) in [5.41, 5.74) is 2.31. The minimum Gasteiger partial charge on any atom is -0.392 e. The molecule has 1 aromatic carbocycles. The van der Waals surface area contributed by atoms with E-state index in [0.29, 0.717) is 23.8 Å². The highest BCUT2D eigenvalue weighted by Gasteiger charge is 2.49. The van der Waals surface area contributed by atoms with Gasteiger partial charge in [0.15, 0.2) is 0 Å². The smallest absolute Gasteiger partial charge is 0.129 e. The summed E-state index contributed by atoms with van der Waals surface area (Å²) in [7, 11) is 0. The van der Waals surface area contributed by atoms with Crippen LogP contribution in [-0.4, -0.2) is 20.8 Å². The van der Waals surface area contributed by atoms with Crippen molar-refractivity contribution in [2.45, 2.75) is 64.0 Å². The van der Waals surface area contributed by atoms with E-state index in [1.54, 1.807) is 18.6 Å². The Morgan fingerprint density at radius 2 is 2.24 bits per heavy atom. The quantitative estimate of drug-likeness (QED) is 0.787. The van der Waals surface area contributed by atoms with Crippen LogP contribution in [0.1, 0.15) is 63.5 Å². The Balaban J connectivity index is 1.46. The molecule has 4 nitrogen and oxygen atoms in total. The van der Waals surface area contributed by atoms with Crippen molar-refractivity contribution in [2.75, 3.05) is 0 Å². The number of halogens is 1. The van der Waals surface area contributed by atoms with E-state index >= 15 is 0 Å². The minimum atomic E-state index is -0.527. The summed E-state index contributed by atoms with van der Waals surface area (Å²) in [4.78, 5) is 4.27. The van der Waals surface area contributed by atoms with Crippen LogP contribution in [0.25, 0.3) is 11.3 Å². The highest BCUT2D eigenvalue weighted by molar-refractivity contribution is 5.69. The van der Waals surface area contributed by atoms with Crippen LogP contribution >= 0.6 is 0 Å². The molecule has 1 aliphatic heterocycles. The van der Waals surface area contributed by atoms with Crippen molar-refractivity contribution in [1.29, 1.82) is 5.26 Å². The van der Waals surface area contributed by atoms with Gasteiger partial charge in [0, 0.05) is 17.0 Å². The zero-order chi connectivity index (χ0) is 20.2. The van der Waals surface area contributed by atoms with Gasteiger partial charge in [0.05, 0.1) is 36.4 Å². The predicted octanol–water partition coefficient (Wildman–Crippen LogP) is 5.09. The van der Waals surface area contributed by atoms with E-state index in [9.17, 15) is 14.8 Å². The molecule has 2 saturated carbocycles. The first-order chi connectivity index (χ1) is 14.1. The van der Waals surface area contributed by atoms with E-state index in [4.69, 9.17) is 0 Å². The molecule has 29 heavy (non-hydrogen) atoms. The number of aliphatic hydroxyl groups is 1. The van der Waals surface area contributed by atoms with Crippen molar-refractivity contribution in [3.63, 3.8) is 0 Å². The van der Waals surface area contributed by atoms with Gasteiger partial charge in [-0.15, -0.1) is 0 Å². The lowest BCUT2D eigenvalue weighted by Gasteiger charge is -2.51. The van der Waals surface area contributed by atoms with Crippen molar-refractivity contribution >= 4 is 0 Å². The van der Waals surface area contributed by atoms with Crippen LogP contribution in [0.15, 0.2) is 30.7 Å². The van der Waals surface area contributed by atoms with Crippen LogP contribution < -0.4 is 0 Å². The zero-order valence-corrected chi connectivity index (χ0v) is 16.9. The summed E-state index contributed by atoms with van der Waals surface area (Å²) < 4.78 is 16.8. The molecule has 0 radical (unpaired) electrons. The summed E-state index contributed by atoms with van der Waals surface area (Å²) in [5.74, 6) is 0.899. The van der Waals surface area contributed by atoms with Gasteiger partial charge in [0.1, 0.15) is 5.82 Å². The van der Waals surface area contributed by atoms with Crippen molar-refractivity contribution < 1.29 is 9.50 Å². The number of fused-ring (bicyclic) bond motifs is 5. The fraction of sp³-hybridized carbons (Fsp3) is 0.583. The van der Waals surface area contributed by atoms with Crippen molar-refractivity contribution in [3.05, 3.63) is 42.1 Å². The van der Waals surface area contributed by atoms with E-state index in [1.807, 2.05) is 10.6 Å². The molecule has 0 amide bonds. The number of aromatic nitrogens is 2. The lowest BCUT2D eigenvalue weighted by atomic mass is 9.55. The van der Waals surface area contributed by atoms with Gasteiger partial charge in [0.2, 0.25) is 0 Å². The Morgan fingerprint density at radius 3 is 3.03 bits per heavy atom. The predicted molar refractivity (Wildman–Crippen MR) is 108 cm³/mol.